The molecule has 0 saturated carbocycles. The van der Waals surface area contributed by atoms with E-state index < -0.39 is 12.7 Å². The second kappa shape index (κ2) is 6.68. The van der Waals surface area contributed by atoms with E-state index in [-0.39, 0.29) is 12.4 Å². The predicted octanol–water partition coefficient (Wildman–Crippen LogP) is 3.27. The number of ether oxygens (including phenoxy) is 1. The number of halogens is 4. The molecule has 2 nitrogen and oxygen atoms in total. The molecule has 0 saturated heterocycles. The van der Waals surface area contributed by atoms with Crippen molar-refractivity contribution in [2.45, 2.75) is 19.0 Å². The molecule has 0 spiro atoms. The van der Waals surface area contributed by atoms with Crippen molar-refractivity contribution in [3.8, 4) is 5.75 Å². The average molecular weight is 308 g/mol. The number of fused-ring (bicyclic) bond motifs is 1. The zero-order valence-electron chi connectivity index (χ0n) is 11.0. The minimum absolute atomic E-state index is 0.202. The summed E-state index contributed by atoms with van der Waals surface area (Å²) in [5.41, 5.74) is 2.18. The van der Waals surface area contributed by atoms with Gasteiger partial charge in [0.15, 0.2) is 0 Å². The number of benzene rings is 1. The Morgan fingerprint density at radius 1 is 1.25 bits per heavy atom. The van der Waals surface area contributed by atoms with Crippen molar-refractivity contribution in [3.05, 3.63) is 29.3 Å². The van der Waals surface area contributed by atoms with Gasteiger partial charge in [0.05, 0.1) is 13.2 Å². The lowest BCUT2D eigenvalue weighted by Crippen LogP contribution is -2.37. The fourth-order valence-corrected chi connectivity index (χ4v) is 2.56. The van der Waals surface area contributed by atoms with Gasteiger partial charge >= 0.3 is 6.18 Å². The summed E-state index contributed by atoms with van der Waals surface area (Å²) in [5.74, 6) is 1.09. The number of hydrogen-bond acceptors (Lipinski definition) is 2. The summed E-state index contributed by atoms with van der Waals surface area (Å²) in [6, 6.07) is 5.83. The van der Waals surface area contributed by atoms with E-state index in [2.05, 4.69) is 0 Å². The van der Waals surface area contributed by atoms with Crippen LogP contribution in [0.2, 0.25) is 0 Å². The molecule has 0 atom stereocenters. The lowest BCUT2D eigenvalue weighted by atomic mass is 10.1. The summed E-state index contributed by atoms with van der Waals surface area (Å²) in [4.78, 5) is 1.34. The van der Waals surface area contributed by atoms with Crippen LogP contribution in [0, 0.1) is 0 Å². The van der Waals surface area contributed by atoms with E-state index in [9.17, 15) is 13.2 Å². The first-order valence-electron chi connectivity index (χ1n) is 6.57. The third kappa shape index (κ3) is 4.56. The van der Waals surface area contributed by atoms with Gasteiger partial charge in [-0.1, -0.05) is 12.1 Å². The topological polar surface area (TPSA) is 12.5 Å². The summed E-state index contributed by atoms with van der Waals surface area (Å²) in [6.07, 6.45) is -2.73. The maximum atomic E-state index is 12.4. The van der Waals surface area contributed by atoms with E-state index in [0.717, 1.165) is 23.3 Å². The van der Waals surface area contributed by atoms with Crippen molar-refractivity contribution in [3.63, 3.8) is 0 Å². The SMILES string of the molecule is FC(F)(F)CN(CCCl)CCc1ccc2c(c1)CCO2. The van der Waals surface area contributed by atoms with Crippen LogP contribution in [0.5, 0.6) is 5.75 Å². The molecule has 0 N–H and O–H groups in total. The fourth-order valence-electron chi connectivity index (χ4n) is 2.33. The molecule has 1 aromatic carbocycles. The molecule has 0 aliphatic carbocycles. The molecule has 1 aromatic rings. The molecule has 0 unspecified atom stereocenters. The van der Waals surface area contributed by atoms with E-state index in [1.165, 1.54) is 4.90 Å². The van der Waals surface area contributed by atoms with Crippen LogP contribution >= 0.6 is 11.6 Å². The quantitative estimate of drug-likeness (QED) is 0.748. The molecule has 0 bridgehead atoms. The van der Waals surface area contributed by atoms with Gasteiger partial charge in [-0.2, -0.15) is 13.2 Å². The Morgan fingerprint density at radius 3 is 2.75 bits per heavy atom. The van der Waals surface area contributed by atoms with Crippen molar-refractivity contribution >= 4 is 11.6 Å². The summed E-state index contributed by atoms with van der Waals surface area (Å²) in [5, 5.41) is 0. The minimum Gasteiger partial charge on any atom is -0.493 e. The zero-order chi connectivity index (χ0) is 14.6. The number of hydrogen-bond donors (Lipinski definition) is 0. The molecule has 0 fully saturated rings. The molecule has 20 heavy (non-hydrogen) atoms. The monoisotopic (exact) mass is 307 g/mol. The van der Waals surface area contributed by atoms with Crippen molar-refractivity contribution in [2.24, 2.45) is 0 Å². The molecule has 6 heteroatoms. The highest BCUT2D eigenvalue weighted by Crippen LogP contribution is 2.26. The van der Waals surface area contributed by atoms with Crippen LogP contribution < -0.4 is 4.74 Å². The van der Waals surface area contributed by atoms with Crippen LogP contribution in [0.25, 0.3) is 0 Å². The number of nitrogens with zero attached hydrogens (tertiary/aromatic N) is 1. The molecular weight excluding hydrogens is 291 g/mol. The lowest BCUT2D eigenvalue weighted by molar-refractivity contribution is -0.145. The van der Waals surface area contributed by atoms with E-state index in [1.807, 2.05) is 18.2 Å². The standard InChI is InChI=1S/C14H17ClF3NO/c15-5-7-19(10-14(16,17)18)6-3-11-1-2-13-12(9-11)4-8-20-13/h1-2,9H,3-8,10H2. The molecule has 0 radical (unpaired) electrons. The Labute approximate surface area is 121 Å². The first-order chi connectivity index (χ1) is 9.48. The molecule has 1 aliphatic rings. The first-order valence-corrected chi connectivity index (χ1v) is 7.11. The smallest absolute Gasteiger partial charge is 0.401 e. The predicted molar refractivity (Wildman–Crippen MR) is 72.6 cm³/mol. The van der Waals surface area contributed by atoms with Crippen LogP contribution in [-0.4, -0.2) is 43.2 Å². The maximum Gasteiger partial charge on any atom is 0.401 e. The molecule has 2 rings (SSSR count). The van der Waals surface area contributed by atoms with Gasteiger partial charge in [-0.3, -0.25) is 4.90 Å². The maximum absolute atomic E-state index is 12.4. The van der Waals surface area contributed by atoms with Crippen LogP contribution in [0.1, 0.15) is 11.1 Å². The lowest BCUT2D eigenvalue weighted by Gasteiger charge is -2.22. The molecule has 0 aromatic heterocycles. The highest BCUT2D eigenvalue weighted by molar-refractivity contribution is 6.18. The van der Waals surface area contributed by atoms with E-state index >= 15 is 0 Å². The summed E-state index contributed by atoms with van der Waals surface area (Å²) >= 11 is 5.56. The van der Waals surface area contributed by atoms with Crippen LogP contribution in [0.4, 0.5) is 13.2 Å². The zero-order valence-corrected chi connectivity index (χ0v) is 11.8. The summed E-state index contributed by atoms with van der Waals surface area (Å²) in [7, 11) is 0. The van der Waals surface area contributed by atoms with Crippen LogP contribution in [0.3, 0.4) is 0 Å². The largest absolute Gasteiger partial charge is 0.493 e. The highest BCUT2D eigenvalue weighted by atomic mass is 35.5. The van der Waals surface area contributed by atoms with Crippen LogP contribution in [0.15, 0.2) is 18.2 Å². The highest BCUT2D eigenvalue weighted by Gasteiger charge is 2.30. The molecular formula is C14H17ClF3NO. The molecule has 1 aliphatic heterocycles. The fraction of sp³-hybridized carbons (Fsp3) is 0.571. The Balaban J connectivity index is 1.91. The van der Waals surface area contributed by atoms with E-state index in [0.29, 0.717) is 19.6 Å². The van der Waals surface area contributed by atoms with Gasteiger partial charge in [-0.25, -0.2) is 0 Å². The van der Waals surface area contributed by atoms with E-state index in [4.69, 9.17) is 16.3 Å². The first kappa shape index (κ1) is 15.4. The Hall–Kier alpha value is -0.940. The Kier molecular flexibility index (Phi) is 5.16. The van der Waals surface area contributed by atoms with E-state index in [1.54, 1.807) is 0 Å². The average Bonchev–Trinajstić information content (AvgIpc) is 2.81. The van der Waals surface area contributed by atoms with Gasteiger partial charge in [0.1, 0.15) is 5.75 Å². The third-order valence-corrected chi connectivity index (χ3v) is 3.44. The molecule has 0 amide bonds. The van der Waals surface area contributed by atoms with Crippen molar-refractivity contribution < 1.29 is 17.9 Å². The number of alkyl halides is 4. The van der Waals surface area contributed by atoms with Gasteiger partial charge in [-0.15, -0.1) is 11.6 Å². The van der Waals surface area contributed by atoms with Crippen molar-refractivity contribution in [1.82, 2.24) is 4.90 Å². The van der Waals surface area contributed by atoms with Gasteiger partial charge in [0.2, 0.25) is 0 Å². The second-order valence-electron chi connectivity index (χ2n) is 4.87. The molecule has 1 heterocycles. The van der Waals surface area contributed by atoms with Gasteiger partial charge < -0.3 is 4.74 Å². The Bertz CT molecular complexity index is 451. The van der Waals surface area contributed by atoms with Gasteiger partial charge in [-0.05, 0) is 23.6 Å². The third-order valence-electron chi connectivity index (χ3n) is 3.27. The normalized spacial score (nSPS) is 14.4. The van der Waals surface area contributed by atoms with Gasteiger partial charge in [0, 0.05) is 25.4 Å². The number of rotatable bonds is 6. The van der Waals surface area contributed by atoms with Gasteiger partial charge in [0.25, 0.3) is 0 Å². The second-order valence-corrected chi connectivity index (χ2v) is 5.25. The van der Waals surface area contributed by atoms with Crippen LogP contribution in [-0.2, 0) is 12.8 Å². The van der Waals surface area contributed by atoms with Crippen molar-refractivity contribution in [1.29, 1.82) is 0 Å². The van der Waals surface area contributed by atoms with Crippen molar-refractivity contribution in [2.75, 3.05) is 32.1 Å². The molecule has 112 valence electrons. The summed E-state index contributed by atoms with van der Waals surface area (Å²) in [6.45, 7) is 0.375. The Morgan fingerprint density at radius 2 is 2.05 bits per heavy atom. The summed E-state index contributed by atoms with van der Waals surface area (Å²) < 4.78 is 42.7. The minimum atomic E-state index is -4.18.